The molecule has 0 aliphatic rings. The first-order valence-electron chi connectivity index (χ1n) is 2.86. The number of nitrogens with one attached hydrogen (secondary N) is 1. The molecule has 6 heteroatoms. The number of halogens is 3. The van der Waals surface area contributed by atoms with Gasteiger partial charge in [0.05, 0.1) is 0 Å². The van der Waals surface area contributed by atoms with Gasteiger partial charge in [0.1, 0.15) is 0 Å². The number of hydrogen-bond acceptors (Lipinski definition) is 1. The van der Waals surface area contributed by atoms with E-state index in [2.05, 4.69) is 0 Å². The number of hydrogen-bond donors (Lipinski definition) is 0. The maximum Gasteiger partial charge on any atom is 0.471 e. The fourth-order valence-electron chi connectivity index (χ4n) is 0.486. The lowest BCUT2D eigenvalue weighted by Crippen LogP contribution is -2.39. The molecule has 0 aliphatic heterocycles. The second kappa shape index (κ2) is 3.56. The highest BCUT2D eigenvalue weighted by atomic mass is 19.4. The van der Waals surface area contributed by atoms with E-state index in [9.17, 15) is 18.0 Å². The number of likely N-dealkylation sites (N-methyl/N-ethyl adjacent to an activating group) is 1. The van der Waals surface area contributed by atoms with Gasteiger partial charge in [-0.2, -0.15) is 13.2 Å². The first-order valence-corrected chi connectivity index (χ1v) is 2.86. The summed E-state index contributed by atoms with van der Waals surface area (Å²) in [7, 11) is 1.02. The molecule has 66 valence electrons. The third-order valence-corrected chi connectivity index (χ3v) is 1.04. The lowest BCUT2D eigenvalue weighted by molar-refractivity contribution is -0.183. The molecule has 0 radical (unpaired) electrons. The fraction of sp³-hybridized carbons (Fsp3) is 0.800. The summed E-state index contributed by atoms with van der Waals surface area (Å²) < 4.78 is 34.7. The first-order chi connectivity index (χ1) is 4.89. The van der Waals surface area contributed by atoms with Gasteiger partial charge in [0.25, 0.3) is 0 Å². The van der Waals surface area contributed by atoms with Crippen molar-refractivity contribution in [1.29, 1.82) is 0 Å². The maximum atomic E-state index is 11.6. The zero-order valence-electron chi connectivity index (χ0n) is 5.90. The zero-order valence-corrected chi connectivity index (χ0v) is 5.90. The van der Waals surface area contributed by atoms with Crippen molar-refractivity contribution in [1.82, 2.24) is 4.90 Å². The van der Waals surface area contributed by atoms with Gasteiger partial charge >= 0.3 is 12.1 Å². The summed E-state index contributed by atoms with van der Waals surface area (Å²) in [6.45, 7) is -0.420. The van der Waals surface area contributed by atoms with Crippen molar-refractivity contribution in [3.05, 3.63) is 5.73 Å². The topological polar surface area (TPSA) is 44.1 Å². The normalized spacial score (nSPS) is 11.4. The smallest absolute Gasteiger partial charge is 0.471 e. The number of amides is 1. The Hall–Kier alpha value is -0.780. The first kappa shape index (κ1) is 10.2. The highest BCUT2D eigenvalue weighted by Crippen LogP contribution is 2.17. The second-order valence-electron chi connectivity index (χ2n) is 1.97. The van der Waals surface area contributed by atoms with E-state index in [1.54, 1.807) is 0 Å². The minimum Gasteiger partial charge on any atom is -0.676 e. The standard InChI is InChI=1S/C5H8F3N2O/c1-10(3-2-9)4(11)5(6,7)8/h9H,2-3H2,1H3/q-1. The van der Waals surface area contributed by atoms with Crippen LogP contribution in [0, 0.1) is 0 Å². The molecule has 0 bridgehead atoms. The van der Waals surface area contributed by atoms with E-state index < -0.39 is 12.1 Å². The van der Waals surface area contributed by atoms with Crippen LogP contribution < -0.4 is 0 Å². The van der Waals surface area contributed by atoms with Crippen LogP contribution in [0.15, 0.2) is 0 Å². The molecular weight excluding hydrogens is 161 g/mol. The minimum absolute atomic E-state index is 0.196. The Morgan fingerprint density at radius 2 is 2.00 bits per heavy atom. The van der Waals surface area contributed by atoms with Crippen LogP contribution in [0.2, 0.25) is 0 Å². The monoisotopic (exact) mass is 169 g/mol. The van der Waals surface area contributed by atoms with Crippen LogP contribution in [0.25, 0.3) is 5.73 Å². The molecule has 0 saturated heterocycles. The van der Waals surface area contributed by atoms with Crippen molar-refractivity contribution in [2.75, 3.05) is 20.1 Å². The van der Waals surface area contributed by atoms with Crippen molar-refractivity contribution in [3.8, 4) is 0 Å². The largest absolute Gasteiger partial charge is 0.676 e. The summed E-state index contributed by atoms with van der Waals surface area (Å²) >= 11 is 0. The van der Waals surface area contributed by atoms with E-state index in [1.165, 1.54) is 0 Å². The molecule has 0 aromatic heterocycles. The minimum atomic E-state index is -4.82. The maximum absolute atomic E-state index is 11.6. The Kier molecular flexibility index (Phi) is 3.31. The lowest BCUT2D eigenvalue weighted by atomic mass is 10.5. The molecular formula is C5H8F3N2O-. The van der Waals surface area contributed by atoms with E-state index in [0.29, 0.717) is 4.90 Å². The van der Waals surface area contributed by atoms with Gasteiger partial charge in [-0.05, 0) is 0 Å². The molecule has 1 amide bonds. The molecule has 0 unspecified atom stereocenters. The van der Waals surface area contributed by atoms with Crippen molar-refractivity contribution in [2.24, 2.45) is 0 Å². The third kappa shape index (κ3) is 3.22. The molecule has 0 fully saturated rings. The quantitative estimate of drug-likeness (QED) is 0.609. The molecule has 0 aromatic rings. The zero-order chi connectivity index (χ0) is 9.07. The van der Waals surface area contributed by atoms with E-state index >= 15 is 0 Å². The van der Waals surface area contributed by atoms with Crippen molar-refractivity contribution >= 4 is 5.91 Å². The molecule has 3 nitrogen and oxygen atoms in total. The van der Waals surface area contributed by atoms with Crippen molar-refractivity contribution < 1.29 is 18.0 Å². The summed E-state index contributed by atoms with van der Waals surface area (Å²) in [5.74, 6) is -1.90. The molecule has 0 aromatic carbocycles. The van der Waals surface area contributed by atoms with Crippen LogP contribution in [0.3, 0.4) is 0 Å². The van der Waals surface area contributed by atoms with E-state index in [0.717, 1.165) is 7.05 Å². The number of rotatable bonds is 2. The Morgan fingerprint density at radius 1 is 1.55 bits per heavy atom. The van der Waals surface area contributed by atoms with Crippen LogP contribution in [-0.2, 0) is 4.79 Å². The van der Waals surface area contributed by atoms with Gasteiger partial charge in [-0.1, -0.05) is 0 Å². The Bertz CT molecular complexity index is 145. The van der Waals surface area contributed by atoms with Gasteiger partial charge in [-0.3, -0.25) is 4.79 Å². The highest BCUT2D eigenvalue weighted by Gasteiger charge is 2.40. The Morgan fingerprint density at radius 3 is 2.27 bits per heavy atom. The van der Waals surface area contributed by atoms with Crippen molar-refractivity contribution in [3.63, 3.8) is 0 Å². The molecule has 0 atom stereocenters. The van der Waals surface area contributed by atoms with Crippen LogP contribution >= 0.6 is 0 Å². The molecule has 0 spiro atoms. The van der Waals surface area contributed by atoms with Gasteiger partial charge in [-0.25, -0.2) is 0 Å². The molecule has 0 aliphatic carbocycles. The number of alkyl halides is 3. The highest BCUT2D eigenvalue weighted by molar-refractivity contribution is 5.81. The number of nitrogens with zero attached hydrogens (tertiary/aromatic N) is 1. The summed E-state index contributed by atoms with van der Waals surface area (Å²) in [4.78, 5) is 10.8. The van der Waals surface area contributed by atoms with E-state index in [4.69, 9.17) is 5.73 Å². The summed E-state index contributed by atoms with van der Waals surface area (Å²) in [5.41, 5.74) is 6.57. The average molecular weight is 169 g/mol. The van der Waals surface area contributed by atoms with Crippen molar-refractivity contribution in [2.45, 2.75) is 6.18 Å². The number of carbonyl (C=O) groups excluding carboxylic acids is 1. The summed E-state index contributed by atoms with van der Waals surface area (Å²) in [5, 5.41) is 0. The summed E-state index contributed by atoms with van der Waals surface area (Å²) in [6.07, 6.45) is -4.82. The van der Waals surface area contributed by atoms with Crippen LogP contribution in [0.4, 0.5) is 13.2 Å². The third-order valence-electron chi connectivity index (χ3n) is 1.04. The van der Waals surface area contributed by atoms with Gasteiger partial charge in [0.15, 0.2) is 0 Å². The fourth-order valence-corrected chi connectivity index (χ4v) is 0.486. The predicted octanol–water partition coefficient (Wildman–Crippen LogP) is 1.06. The van der Waals surface area contributed by atoms with Gasteiger partial charge in [-0.15, -0.1) is 6.54 Å². The molecule has 11 heavy (non-hydrogen) atoms. The Balaban J connectivity index is 4.03. The van der Waals surface area contributed by atoms with Gasteiger partial charge < -0.3 is 10.6 Å². The van der Waals surface area contributed by atoms with E-state index in [-0.39, 0.29) is 13.1 Å². The van der Waals surface area contributed by atoms with Crippen LogP contribution in [-0.4, -0.2) is 37.1 Å². The molecule has 0 saturated carbocycles. The molecule has 0 heterocycles. The predicted molar refractivity (Wildman–Crippen MR) is 32.9 cm³/mol. The summed E-state index contributed by atoms with van der Waals surface area (Å²) in [6, 6.07) is 0. The SMILES string of the molecule is CN(CC[NH-])C(=O)C(F)(F)F. The lowest BCUT2D eigenvalue weighted by Gasteiger charge is -2.19. The Labute approximate surface area is 62.0 Å². The van der Waals surface area contributed by atoms with Crippen LogP contribution in [0.5, 0.6) is 0 Å². The molecule has 0 rings (SSSR count). The average Bonchev–Trinajstić information content (AvgIpc) is 1.85. The van der Waals surface area contributed by atoms with Gasteiger partial charge in [0, 0.05) is 13.6 Å². The number of carbonyl (C=O) groups is 1. The van der Waals surface area contributed by atoms with Gasteiger partial charge in [0.2, 0.25) is 0 Å². The van der Waals surface area contributed by atoms with E-state index in [1.807, 2.05) is 0 Å². The second-order valence-corrected chi connectivity index (χ2v) is 1.97. The molecule has 1 N–H and O–H groups in total. The van der Waals surface area contributed by atoms with Crippen LogP contribution in [0.1, 0.15) is 0 Å².